The molecule has 0 spiro atoms. The summed E-state index contributed by atoms with van der Waals surface area (Å²) in [5, 5.41) is 20.9. The van der Waals surface area contributed by atoms with E-state index in [2.05, 4.69) is 5.32 Å². The van der Waals surface area contributed by atoms with Crippen molar-refractivity contribution in [1.29, 1.82) is 0 Å². The van der Waals surface area contributed by atoms with Gasteiger partial charge in [0.2, 0.25) is 0 Å². The van der Waals surface area contributed by atoms with Gasteiger partial charge in [0.25, 0.3) is 0 Å². The fraction of sp³-hybridized carbons (Fsp3) is 0.381. The molecule has 6 nitrogen and oxygen atoms in total. The van der Waals surface area contributed by atoms with E-state index in [0.29, 0.717) is 17.9 Å². The van der Waals surface area contributed by atoms with Crippen LogP contribution < -0.4 is 10.1 Å². The summed E-state index contributed by atoms with van der Waals surface area (Å²) < 4.78 is 11.1. The first-order valence-corrected chi connectivity index (χ1v) is 10.4. The van der Waals surface area contributed by atoms with Gasteiger partial charge in [-0.3, -0.25) is 5.32 Å². The molecular weight excluding hydrogens is 378 g/mol. The van der Waals surface area contributed by atoms with Crippen LogP contribution in [0.2, 0.25) is 0 Å². The van der Waals surface area contributed by atoms with Crippen LogP contribution in [0, 0.1) is 5.92 Å². The maximum atomic E-state index is 12.4. The van der Waals surface area contributed by atoms with E-state index in [4.69, 9.17) is 14.6 Å². The second-order valence-electron chi connectivity index (χ2n) is 6.31. The molecule has 2 rings (SSSR count). The van der Waals surface area contributed by atoms with Gasteiger partial charge in [-0.05, 0) is 60.6 Å². The van der Waals surface area contributed by atoms with Crippen LogP contribution in [0.1, 0.15) is 25.0 Å². The van der Waals surface area contributed by atoms with E-state index >= 15 is 0 Å². The van der Waals surface area contributed by atoms with E-state index in [9.17, 15) is 9.90 Å². The maximum absolute atomic E-state index is 12.4. The highest BCUT2D eigenvalue weighted by molar-refractivity contribution is 7.98. The number of benzene rings is 2. The minimum absolute atomic E-state index is 0.0104. The zero-order valence-electron chi connectivity index (χ0n) is 16.1. The van der Waals surface area contributed by atoms with Crippen molar-refractivity contribution in [3.8, 4) is 5.75 Å². The van der Waals surface area contributed by atoms with Crippen molar-refractivity contribution in [1.82, 2.24) is 0 Å². The third-order valence-electron chi connectivity index (χ3n) is 4.24. The second kappa shape index (κ2) is 11.6. The first-order chi connectivity index (χ1) is 13.6. The monoisotopic (exact) mass is 405 g/mol. The molecule has 2 aromatic carbocycles. The zero-order chi connectivity index (χ0) is 20.4. The fourth-order valence-electron chi connectivity index (χ4n) is 2.72. The fourth-order valence-corrected chi connectivity index (χ4v) is 3.13. The first-order valence-electron chi connectivity index (χ1n) is 9.13. The lowest BCUT2D eigenvalue weighted by Gasteiger charge is -2.24. The Kier molecular flexibility index (Phi) is 9.13. The van der Waals surface area contributed by atoms with E-state index in [-0.39, 0.29) is 25.7 Å². The predicted octanol–water partition coefficient (Wildman–Crippen LogP) is 4.09. The summed E-state index contributed by atoms with van der Waals surface area (Å²) in [7, 11) is 0. The highest BCUT2D eigenvalue weighted by Crippen LogP contribution is 2.30. The highest BCUT2D eigenvalue weighted by Gasteiger charge is 2.23. The Morgan fingerprint density at radius 1 is 1.07 bits per heavy atom. The molecule has 2 aromatic rings. The molecule has 28 heavy (non-hydrogen) atoms. The van der Waals surface area contributed by atoms with Gasteiger partial charge in [-0.15, -0.1) is 11.8 Å². The lowest BCUT2D eigenvalue weighted by Crippen LogP contribution is -2.22. The molecule has 0 radical (unpaired) electrons. The van der Waals surface area contributed by atoms with Crippen molar-refractivity contribution in [2.75, 3.05) is 31.4 Å². The van der Waals surface area contributed by atoms with Gasteiger partial charge in [-0.25, -0.2) is 4.79 Å². The standard InChI is InChI=1S/C21H27NO5S/c1-15(11-12-23)20(16-3-7-18(8-4-16)26-14-13-24)27-21(25)22-17-5-9-19(28-2)10-6-17/h3-10,15,20,23-24H,11-14H2,1-2H3,(H,22,25)/t15-,20-/m0/s1. The number of rotatable bonds is 10. The van der Waals surface area contributed by atoms with Crippen molar-refractivity contribution >= 4 is 23.5 Å². The van der Waals surface area contributed by atoms with Crippen molar-refractivity contribution < 1.29 is 24.5 Å². The number of anilines is 1. The summed E-state index contributed by atoms with van der Waals surface area (Å²) in [4.78, 5) is 13.5. The van der Waals surface area contributed by atoms with E-state index in [1.807, 2.05) is 49.6 Å². The molecule has 0 aliphatic heterocycles. The average molecular weight is 406 g/mol. The van der Waals surface area contributed by atoms with Crippen molar-refractivity contribution in [3.63, 3.8) is 0 Å². The predicted molar refractivity (Wildman–Crippen MR) is 111 cm³/mol. The van der Waals surface area contributed by atoms with Crippen molar-refractivity contribution in [2.45, 2.75) is 24.3 Å². The average Bonchev–Trinajstić information content (AvgIpc) is 2.71. The van der Waals surface area contributed by atoms with Gasteiger partial charge >= 0.3 is 6.09 Å². The Hall–Kier alpha value is -2.22. The van der Waals surface area contributed by atoms with Crippen LogP contribution in [0.15, 0.2) is 53.4 Å². The van der Waals surface area contributed by atoms with Crippen molar-refractivity contribution in [3.05, 3.63) is 54.1 Å². The molecule has 3 N–H and O–H groups in total. The molecule has 152 valence electrons. The summed E-state index contributed by atoms with van der Waals surface area (Å²) in [6.07, 6.45) is 1.43. The third-order valence-corrected chi connectivity index (χ3v) is 4.98. The van der Waals surface area contributed by atoms with Gasteiger partial charge in [0.1, 0.15) is 18.5 Å². The van der Waals surface area contributed by atoms with Gasteiger partial charge in [-0.2, -0.15) is 0 Å². The Bertz CT molecular complexity index is 721. The van der Waals surface area contributed by atoms with E-state index in [1.165, 1.54) is 0 Å². The van der Waals surface area contributed by atoms with Crippen LogP contribution in [0.3, 0.4) is 0 Å². The van der Waals surface area contributed by atoms with Crippen molar-refractivity contribution in [2.24, 2.45) is 5.92 Å². The molecule has 0 aromatic heterocycles. The van der Waals surface area contributed by atoms with Gasteiger partial charge in [0.05, 0.1) is 6.61 Å². The van der Waals surface area contributed by atoms with Crippen LogP contribution in [0.25, 0.3) is 0 Å². The van der Waals surface area contributed by atoms with Gasteiger partial charge in [0.15, 0.2) is 0 Å². The van der Waals surface area contributed by atoms with Gasteiger partial charge in [0, 0.05) is 17.2 Å². The number of carbonyl (C=O) groups excluding carboxylic acids is 1. The molecule has 0 bridgehead atoms. The first kappa shape index (κ1) is 22.1. The molecule has 0 unspecified atom stereocenters. The molecular formula is C21H27NO5S. The maximum Gasteiger partial charge on any atom is 0.412 e. The van der Waals surface area contributed by atoms with Crippen LogP contribution >= 0.6 is 11.8 Å². The summed E-state index contributed by atoms with van der Waals surface area (Å²) in [6.45, 7) is 2.10. The van der Waals surface area contributed by atoms with E-state index in [1.54, 1.807) is 23.9 Å². The lowest BCUT2D eigenvalue weighted by atomic mass is 9.94. The van der Waals surface area contributed by atoms with Crippen LogP contribution in [0.5, 0.6) is 5.75 Å². The number of nitrogens with one attached hydrogen (secondary N) is 1. The van der Waals surface area contributed by atoms with Gasteiger partial charge in [-0.1, -0.05) is 19.1 Å². The SMILES string of the molecule is CSc1ccc(NC(=O)O[C@H](c2ccc(OCCO)cc2)[C@@H](C)CCO)cc1. The second-order valence-corrected chi connectivity index (χ2v) is 7.19. The molecule has 0 fully saturated rings. The summed E-state index contributed by atoms with van der Waals surface area (Å²) in [5.74, 6) is 0.559. The number of aliphatic hydroxyl groups is 2. The summed E-state index contributed by atoms with van der Waals surface area (Å²) in [5.41, 5.74) is 1.47. The Balaban J connectivity index is 2.07. The Morgan fingerprint density at radius 2 is 1.75 bits per heavy atom. The van der Waals surface area contributed by atoms with Crippen LogP contribution in [-0.4, -0.2) is 42.4 Å². The largest absolute Gasteiger partial charge is 0.491 e. The quantitative estimate of drug-likeness (QED) is 0.516. The van der Waals surface area contributed by atoms with Crippen LogP contribution in [-0.2, 0) is 4.74 Å². The van der Waals surface area contributed by atoms with E-state index in [0.717, 1.165) is 10.5 Å². The minimum Gasteiger partial charge on any atom is -0.491 e. The normalized spacial score (nSPS) is 12.9. The zero-order valence-corrected chi connectivity index (χ0v) is 16.9. The number of aliphatic hydroxyl groups excluding tert-OH is 2. The molecule has 0 aliphatic carbocycles. The number of carbonyl (C=O) groups is 1. The number of hydrogen-bond acceptors (Lipinski definition) is 6. The molecule has 0 saturated heterocycles. The third kappa shape index (κ3) is 6.74. The smallest absolute Gasteiger partial charge is 0.412 e. The summed E-state index contributed by atoms with van der Waals surface area (Å²) >= 11 is 1.63. The highest BCUT2D eigenvalue weighted by atomic mass is 32.2. The van der Waals surface area contributed by atoms with Crippen LogP contribution in [0.4, 0.5) is 10.5 Å². The topological polar surface area (TPSA) is 88.0 Å². The number of hydrogen-bond donors (Lipinski definition) is 3. The molecule has 1 amide bonds. The molecule has 0 aliphatic rings. The molecule has 7 heteroatoms. The van der Waals surface area contributed by atoms with Gasteiger partial charge < -0.3 is 19.7 Å². The minimum atomic E-state index is -0.549. The number of amides is 1. The number of ether oxygens (including phenoxy) is 2. The number of thioether (sulfide) groups is 1. The lowest BCUT2D eigenvalue weighted by molar-refractivity contribution is 0.0667. The molecule has 0 heterocycles. The molecule has 0 saturated carbocycles. The molecule has 2 atom stereocenters. The summed E-state index contributed by atoms with van der Waals surface area (Å²) in [6, 6.07) is 14.7. The Labute approximate surface area is 169 Å². The Morgan fingerprint density at radius 3 is 2.32 bits per heavy atom. The van der Waals surface area contributed by atoms with E-state index < -0.39 is 12.2 Å².